The topological polar surface area (TPSA) is 195 Å². The molecule has 0 spiro atoms. The number of rotatable bonds is 7. The van der Waals surface area contributed by atoms with Crippen LogP contribution < -0.4 is 10.6 Å². The van der Waals surface area contributed by atoms with Crippen LogP contribution in [-0.2, 0) is 24.0 Å². The molecule has 0 aliphatic carbocycles. The Kier molecular flexibility index (Phi) is 6.71. The van der Waals surface area contributed by atoms with Gasteiger partial charge in [0, 0.05) is 18.5 Å². The maximum absolute atomic E-state index is 13.5. The van der Waals surface area contributed by atoms with Crippen molar-refractivity contribution in [2.75, 3.05) is 6.54 Å². The fourth-order valence-corrected chi connectivity index (χ4v) is 4.23. The van der Waals surface area contributed by atoms with Gasteiger partial charge >= 0.3 is 5.97 Å². The lowest BCUT2D eigenvalue weighted by Gasteiger charge is -2.43. The Bertz CT molecular complexity index is 1200. The summed E-state index contributed by atoms with van der Waals surface area (Å²) < 4.78 is 0. The summed E-state index contributed by atoms with van der Waals surface area (Å²) in [5, 5.41) is 26.3. The van der Waals surface area contributed by atoms with Crippen molar-refractivity contribution in [2.45, 2.75) is 50.2 Å². The minimum Gasteiger partial charge on any atom is -0.481 e. The van der Waals surface area contributed by atoms with Gasteiger partial charge in [-0.05, 0) is 37.5 Å². The lowest BCUT2D eigenvalue weighted by Crippen LogP contribution is -2.64. The van der Waals surface area contributed by atoms with Crippen molar-refractivity contribution < 1.29 is 33.9 Å². The number of aldehydes is 1. The first-order valence-electron chi connectivity index (χ1n) is 11.0. The van der Waals surface area contributed by atoms with Gasteiger partial charge < -0.3 is 20.5 Å². The number of aromatic amines is 1. The van der Waals surface area contributed by atoms with Crippen molar-refractivity contribution in [3.63, 3.8) is 0 Å². The lowest BCUT2D eigenvalue weighted by molar-refractivity contribution is -0.176. The number of hydrogen-bond donors (Lipinski definition) is 4. The Balaban J connectivity index is 1.54. The van der Waals surface area contributed by atoms with Gasteiger partial charge in [0.05, 0.1) is 18.0 Å². The number of carbonyl (C=O) groups is 6. The molecule has 14 nitrogen and oxygen atoms in total. The van der Waals surface area contributed by atoms with Crippen LogP contribution in [0, 0.1) is 0 Å². The number of hydrogen-bond acceptors (Lipinski definition) is 8. The fraction of sp³-hybridized carbons (Fsp3) is 0.429. The highest BCUT2D eigenvalue weighted by Crippen LogP contribution is 2.25. The molecular formula is C21H23N7O7. The summed E-state index contributed by atoms with van der Waals surface area (Å²) in [6.07, 6.45) is 0.317. The van der Waals surface area contributed by atoms with Gasteiger partial charge in [0.2, 0.25) is 11.8 Å². The molecule has 2 aliphatic rings. The molecule has 2 aliphatic heterocycles. The van der Waals surface area contributed by atoms with E-state index in [1.165, 1.54) is 17.1 Å². The van der Waals surface area contributed by atoms with Crippen LogP contribution in [0.3, 0.4) is 0 Å². The van der Waals surface area contributed by atoms with E-state index in [1.54, 1.807) is 6.07 Å². The molecular weight excluding hydrogens is 462 g/mol. The quantitative estimate of drug-likeness (QED) is 0.346. The van der Waals surface area contributed by atoms with Crippen molar-refractivity contribution in [3.05, 3.63) is 23.8 Å². The smallest absolute Gasteiger partial charge is 0.305 e. The summed E-state index contributed by atoms with van der Waals surface area (Å²) in [4.78, 5) is 74.1. The van der Waals surface area contributed by atoms with Crippen LogP contribution >= 0.6 is 0 Å². The first-order chi connectivity index (χ1) is 16.8. The Morgan fingerprint density at radius 1 is 1.26 bits per heavy atom. The molecule has 3 atom stereocenters. The zero-order valence-electron chi connectivity index (χ0n) is 18.5. The van der Waals surface area contributed by atoms with E-state index in [4.69, 9.17) is 5.11 Å². The number of fused-ring (bicyclic) bond motifs is 2. The molecule has 14 heteroatoms. The van der Waals surface area contributed by atoms with Gasteiger partial charge in [-0.3, -0.25) is 34.1 Å². The summed E-state index contributed by atoms with van der Waals surface area (Å²) >= 11 is 0. The standard InChI is InChI=1S/C21H23N7O7/c29-10-12(9-18(31)32)22-20(34)16-2-1-7-27-17(30)6-5-14(21(35)28(16)27)23-19(33)11-3-4-13-15(8-11)25-26-24-13/h3-4,8,10,12,14,16H,1-2,5-7,9H2,(H,22,34)(H,23,33)(H,31,32)(H,24,25,26)/t12-,14?,16-/m0/s1. The lowest BCUT2D eigenvalue weighted by atomic mass is 10.0. The van der Waals surface area contributed by atoms with Crippen molar-refractivity contribution >= 4 is 46.9 Å². The van der Waals surface area contributed by atoms with Gasteiger partial charge in [-0.2, -0.15) is 0 Å². The number of carboxylic acids is 1. The molecule has 2 aromatic rings. The number of nitrogens with zero attached hydrogens (tertiary/aromatic N) is 4. The molecule has 0 saturated carbocycles. The van der Waals surface area contributed by atoms with Gasteiger partial charge in [-0.1, -0.05) is 5.21 Å². The van der Waals surface area contributed by atoms with Crippen molar-refractivity contribution in [2.24, 2.45) is 0 Å². The Hall–Kier alpha value is -4.36. The summed E-state index contributed by atoms with van der Waals surface area (Å²) in [5.41, 5.74) is 1.34. The van der Waals surface area contributed by atoms with Crippen LogP contribution in [0.15, 0.2) is 18.2 Å². The van der Waals surface area contributed by atoms with E-state index in [1.807, 2.05) is 0 Å². The molecule has 1 aromatic heterocycles. The highest BCUT2D eigenvalue weighted by molar-refractivity contribution is 6.01. The Morgan fingerprint density at radius 2 is 2.06 bits per heavy atom. The van der Waals surface area contributed by atoms with E-state index in [0.717, 1.165) is 5.01 Å². The van der Waals surface area contributed by atoms with Gasteiger partial charge in [0.1, 0.15) is 23.9 Å². The number of nitrogens with one attached hydrogen (secondary N) is 3. The molecule has 2 fully saturated rings. The summed E-state index contributed by atoms with van der Waals surface area (Å²) in [6, 6.07) is 1.15. The van der Waals surface area contributed by atoms with Crippen LogP contribution in [0.1, 0.15) is 42.5 Å². The van der Waals surface area contributed by atoms with E-state index >= 15 is 0 Å². The molecule has 4 N–H and O–H groups in total. The molecule has 4 amide bonds. The number of hydrazine groups is 1. The van der Waals surface area contributed by atoms with Crippen molar-refractivity contribution in [1.29, 1.82) is 0 Å². The highest BCUT2D eigenvalue weighted by atomic mass is 16.4. The molecule has 1 unspecified atom stereocenters. The number of H-pyrrole nitrogens is 1. The third-order valence-corrected chi connectivity index (χ3v) is 5.94. The first-order valence-corrected chi connectivity index (χ1v) is 11.0. The van der Waals surface area contributed by atoms with Crippen LogP contribution in [0.4, 0.5) is 0 Å². The predicted octanol–water partition coefficient (Wildman–Crippen LogP) is -1.26. The van der Waals surface area contributed by atoms with E-state index in [9.17, 15) is 28.8 Å². The number of amides is 4. The fourth-order valence-electron chi connectivity index (χ4n) is 4.23. The average Bonchev–Trinajstić information content (AvgIpc) is 3.28. The van der Waals surface area contributed by atoms with Crippen LogP contribution in [0.25, 0.3) is 11.0 Å². The van der Waals surface area contributed by atoms with Gasteiger partial charge in [-0.15, -0.1) is 5.10 Å². The normalized spacial score (nSPS) is 21.1. The Morgan fingerprint density at radius 3 is 2.80 bits per heavy atom. The van der Waals surface area contributed by atoms with Gasteiger partial charge in [-0.25, -0.2) is 5.01 Å². The highest BCUT2D eigenvalue weighted by Gasteiger charge is 2.45. The van der Waals surface area contributed by atoms with Gasteiger partial charge in [0.25, 0.3) is 11.8 Å². The van der Waals surface area contributed by atoms with Crippen molar-refractivity contribution in [3.8, 4) is 0 Å². The average molecular weight is 485 g/mol. The minimum atomic E-state index is -1.28. The molecule has 184 valence electrons. The summed E-state index contributed by atoms with van der Waals surface area (Å²) in [7, 11) is 0. The SMILES string of the molecule is O=C[C@H](CC(=O)O)NC(=O)[C@@H]1CCCN2C(=O)CCC(NC(=O)c3ccc4nn[nH]c4c3)C(=O)N12. The number of aromatic nitrogens is 3. The third-order valence-electron chi connectivity index (χ3n) is 5.94. The molecule has 3 heterocycles. The maximum Gasteiger partial charge on any atom is 0.305 e. The second-order valence-electron chi connectivity index (χ2n) is 8.32. The number of aliphatic carboxylic acids is 1. The number of benzene rings is 1. The first kappa shape index (κ1) is 23.8. The van der Waals surface area contributed by atoms with Gasteiger partial charge in [0.15, 0.2) is 0 Å². The largest absolute Gasteiger partial charge is 0.481 e. The summed E-state index contributed by atoms with van der Waals surface area (Å²) in [5.74, 6) is -3.61. The zero-order chi connectivity index (χ0) is 25.1. The molecule has 1 aromatic carbocycles. The molecule has 2 saturated heterocycles. The number of carboxylic acid groups (broad SMARTS) is 1. The van der Waals surface area contributed by atoms with Crippen LogP contribution in [0.5, 0.6) is 0 Å². The molecule has 4 rings (SSSR count). The zero-order valence-corrected chi connectivity index (χ0v) is 18.5. The van der Waals surface area contributed by atoms with Crippen LogP contribution in [-0.4, -0.2) is 91.1 Å². The second-order valence-corrected chi connectivity index (χ2v) is 8.32. The van der Waals surface area contributed by atoms with E-state index < -0.39 is 48.2 Å². The summed E-state index contributed by atoms with van der Waals surface area (Å²) in [6.45, 7) is 0.213. The van der Waals surface area contributed by atoms with E-state index in [2.05, 4.69) is 26.0 Å². The maximum atomic E-state index is 13.5. The second kappa shape index (κ2) is 9.87. The van der Waals surface area contributed by atoms with E-state index in [-0.39, 0.29) is 37.3 Å². The number of carbonyl (C=O) groups excluding carboxylic acids is 5. The predicted molar refractivity (Wildman–Crippen MR) is 116 cm³/mol. The molecule has 35 heavy (non-hydrogen) atoms. The molecule has 0 radical (unpaired) electrons. The Labute approximate surface area is 198 Å². The van der Waals surface area contributed by atoms with Crippen LogP contribution in [0.2, 0.25) is 0 Å². The van der Waals surface area contributed by atoms with Crippen molar-refractivity contribution in [1.82, 2.24) is 36.1 Å². The van der Waals surface area contributed by atoms with E-state index in [0.29, 0.717) is 23.7 Å². The third kappa shape index (κ3) is 4.95. The minimum absolute atomic E-state index is 0.0268. The molecule has 0 bridgehead atoms. The monoisotopic (exact) mass is 485 g/mol.